The zero-order chi connectivity index (χ0) is 22.4. The highest BCUT2D eigenvalue weighted by atomic mass is 32.2. The number of thioether (sulfide) groups is 1. The molecule has 0 radical (unpaired) electrons. The standard InChI is InChI=1S/C24H22N4O2S2/c1-4-26-17-13-9-10-14-18(17)31-24(26)20-22(30)27(5-2)23(32-20)19-15(3)25-28(21(19)29)16-11-7-6-8-12-16/h6-14H,4-5H2,1-3H3. The van der Waals surface area contributed by atoms with E-state index in [4.69, 9.17) is 0 Å². The third-order valence-electron chi connectivity index (χ3n) is 5.55. The zero-order valence-corrected chi connectivity index (χ0v) is 19.7. The van der Waals surface area contributed by atoms with Crippen LogP contribution in [0.1, 0.15) is 20.8 Å². The van der Waals surface area contributed by atoms with Crippen molar-refractivity contribution < 1.29 is 4.79 Å². The highest BCUT2D eigenvalue weighted by Gasteiger charge is 2.32. The van der Waals surface area contributed by atoms with E-state index in [0.29, 0.717) is 32.7 Å². The van der Waals surface area contributed by atoms with Gasteiger partial charge in [-0.2, -0.15) is 10.1 Å². The van der Waals surface area contributed by atoms with E-state index in [1.165, 1.54) is 16.3 Å². The van der Waals surface area contributed by atoms with Crippen molar-refractivity contribution in [3.8, 4) is 0 Å². The molecule has 1 amide bonds. The number of hydrazone groups is 1. The first kappa shape index (κ1) is 20.8. The molecule has 0 unspecified atom stereocenters. The maximum absolute atomic E-state index is 13.5. The number of carbonyl (C=O) groups is 1. The number of nitrogens with zero attached hydrogens (tertiary/aromatic N) is 4. The van der Waals surface area contributed by atoms with E-state index in [9.17, 15) is 9.59 Å². The van der Waals surface area contributed by atoms with Gasteiger partial charge in [0.1, 0.15) is 14.2 Å². The Hall–Kier alpha value is -3.10. The van der Waals surface area contributed by atoms with E-state index in [-0.39, 0.29) is 11.5 Å². The Morgan fingerprint density at radius 1 is 0.938 bits per heavy atom. The summed E-state index contributed by atoms with van der Waals surface area (Å²) in [7, 11) is 0. The maximum Gasteiger partial charge on any atom is 0.283 e. The van der Waals surface area contributed by atoms with Crippen LogP contribution in [0, 0.1) is 0 Å². The SMILES string of the molecule is CCN1C(=c2sc(=C3C(=O)N(c4ccccc4)N=C3C)n(CC)c2=O)Sc2ccccc21. The summed E-state index contributed by atoms with van der Waals surface area (Å²) >= 11 is 3.00. The molecular formula is C24H22N4O2S2. The van der Waals surface area contributed by atoms with Crippen LogP contribution in [0.25, 0.3) is 10.6 Å². The predicted molar refractivity (Wildman–Crippen MR) is 133 cm³/mol. The van der Waals surface area contributed by atoms with E-state index in [1.807, 2.05) is 56.3 Å². The molecule has 6 nitrogen and oxygen atoms in total. The minimum Gasteiger partial charge on any atom is -0.334 e. The third kappa shape index (κ3) is 3.13. The van der Waals surface area contributed by atoms with E-state index < -0.39 is 0 Å². The molecule has 1 aromatic heterocycles. The first-order valence-corrected chi connectivity index (χ1v) is 12.2. The van der Waals surface area contributed by atoms with Gasteiger partial charge in [0, 0.05) is 18.0 Å². The Balaban J connectivity index is 1.74. The molecular weight excluding hydrogens is 440 g/mol. The van der Waals surface area contributed by atoms with Crippen LogP contribution in [0.3, 0.4) is 0 Å². The largest absolute Gasteiger partial charge is 0.334 e. The molecule has 0 saturated carbocycles. The molecule has 3 heterocycles. The summed E-state index contributed by atoms with van der Waals surface area (Å²) in [6.45, 7) is 7.08. The summed E-state index contributed by atoms with van der Waals surface area (Å²) in [6.07, 6.45) is 0. The van der Waals surface area contributed by atoms with Gasteiger partial charge in [-0.1, -0.05) is 42.1 Å². The fraction of sp³-hybridized carbons (Fsp3) is 0.208. The average molecular weight is 463 g/mol. The lowest BCUT2D eigenvalue weighted by molar-refractivity contribution is -0.112. The molecule has 8 heteroatoms. The molecule has 0 aliphatic carbocycles. The zero-order valence-electron chi connectivity index (χ0n) is 18.0. The van der Waals surface area contributed by atoms with Gasteiger partial charge in [0.15, 0.2) is 0 Å². The summed E-state index contributed by atoms with van der Waals surface area (Å²) < 4.78 is 3.03. The topological polar surface area (TPSA) is 57.9 Å². The van der Waals surface area contributed by atoms with Crippen molar-refractivity contribution in [2.24, 2.45) is 5.10 Å². The molecule has 3 aromatic rings. The number of para-hydroxylation sites is 2. The lowest BCUT2D eigenvalue weighted by Gasteiger charge is -2.16. The van der Waals surface area contributed by atoms with Crippen LogP contribution in [0.5, 0.6) is 0 Å². The van der Waals surface area contributed by atoms with Crippen molar-refractivity contribution in [2.75, 3.05) is 16.5 Å². The summed E-state index contributed by atoms with van der Waals surface area (Å²) in [5, 5.41) is 6.85. The number of rotatable bonds is 3. The normalized spacial score (nSPS) is 19.0. The van der Waals surface area contributed by atoms with E-state index in [1.54, 1.807) is 16.3 Å². The Kier molecular flexibility index (Phi) is 5.27. The second-order valence-electron chi connectivity index (χ2n) is 7.42. The van der Waals surface area contributed by atoms with Crippen LogP contribution >= 0.6 is 23.1 Å². The highest BCUT2D eigenvalue weighted by molar-refractivity contribution is 8.08. The van der Waals surface area contributed by atoms with Crippen LogP contribution in [-0.4, -0.2) is 22.7 Å². The van der Waals surface area contributed by atoms with Crippen molar-refractivity contribution >= 4 is 56.7 Å². The van der Waals surface area contributed by atoms with Gasteiger partial charge in [-0.3, -0.25) is 14.2 Å². The van der Waals surface area contributed by atoms with Gasteiger partial charge in [0.25, 0.3) is 11.5 Å². The van der Waals surface area contributed by atoms with Crippen molar-refractivity contribution in [1.82, 2.24) is 4.57 Å². The molecule has 0 N–H and O–H groups in total. The number of fused-ring (bicyclic) bond motifs is 1. The quantitative estimate of drug-likeness (QED) is 0.600. The van der Waals surface area contributed by atoms with Crippen LogP contribution in [0.4, 0.5) is 11.4 Å². The van der Waals surface area contributed by atoms with Crippen molar-refractivity contribution in [3.63, 3.8) is 0 Å². The Bertz CT molecular complexity index is 1440. The summed E-state index contributed by atoms with van der Waals surface area (Å²) in [5.74, 6) is -0.205. The first-order chi connectivity index (χ1) is 15.5. The fourth-order valence-electron chi connectivity index (χ4n) is 4.03. The van der Waals surface area contributed by atoms with Gasteiger partial charge in [0.05, 0.1) is 22.7 Å². The molecule has 0 atom stereocenters. The number of anilines is 2. The van der Waals surface area contributed by atoms with Crippen LogP contribution < -0.4 is 24.7 Å². The number of amides is 1. The molecule has 0 bridgehead atoms. The van der Waals surface area contributed by atoms with Gasteiger partial charge in [-0.05, 0) is 45.0 Å². The molecule has 0 spiro atoms. The van der Waals surface area contributed by atoms with Crippen molar-refractivity contribution in [3.05, 3.63) is 74.1 Å². The molecule has 5 rings (SSSR count). The molecule has 2 aliphatic rings. The lowest BCUT2D eigenvalue weighted by atomic mass is 10.2. The summed E-state index contributed by atoms with van der Waals surface area (Å²) in [5.41, 5.74) is 2.88. The van der Waals surface area contributed by atoms with Gasteiger partial charge >= 0.3 is 0 Å². The van der Waals surface area contributed by atoms with Crippen molar-refractivity contribution in [1.29, 1.82) is 0 Å². The molecule has 2 aromatic carbocycles. The molecule has 162 valence electrons. The predicted octanol–water partition coefficient (Wildman–Crippen LogP) is 3.20. The van der Waals surface area contributed by atoms with Crippen LogP contribution in [-0.2, 0) is 11.3 Å². The fourth-order valence-corrected chi connectivity index (χ4v) is 6.69. The molecule has 0 fully saturated rings. The number of aromatic nitrogens is 1. The maximum atomic E-state index is 13.5. The van der Waals surface area contributed by atoms with E-state index in [0.717, 1.165) is 22.2 Å². The molecule has 32 heavy (non-hydrogen) atoms. The summed E-state index contributed by atoms with van der Waals surface area (Å²) in [4.78, 5) is 30.2. The van der Waals surface area contributed by atoms with E-state index >= 15 is 0 Å². The first-order valence-electron chi connectivity index (χ1n) is 10.5. The number of benzene rings is 2. The number of hydrogen-bond donors (Lipinski definition) is 0. The highest BCUT2D eigenvalue weighted by Crippen LogP contribution is 2.45. The monoisotopic (exact) mass is 462 g/mol. The number of carbonyl (C=O) groups excluding carboxylic acids is 1. The Morgan fingerprint density at radius 2 is 1.66 bits per heavy atom. The van der Waals surface area contributed by atoms with Gasteiger partial charge in [0.2, 0.25) is 0 Å². The summed E-state index contributed by atoms with van der Waals surface area (Å²) in [6, 6.07) is 17.5. The van der Waals surface area contributed by atoms with Crippen molar-refractivity contribution in [2.45, 2.75) is 32.2 Å². The second-order valence-corrected chi connectivity index (χ2v) is 9.45. The minimum absolute atomic E-state index is 0.0625. The second kappa shape index (κ2) is 8.11. The average Bonchev–Trinajstić information content (AvgIpc) is 3.44. The Labute approximate surface area is 193 Å². The molecule has 0 saturated heterocycles. The van der Waals surface area contributed by atoms with Gasteiger partial charge < -0.3 is 4.90 Å². The van der Waals surface area contributed by atoms with Gasteiger partial charge in [-0.25, -0.2) is 0 Å². The number of thiazole rings is 1. The smallest absolute Gasteiger partial charge is 0.283 e. The van der Waals surface area contributed by atoms with E-state index in [2.05, 4.69) is 29.1 Å². The minimum atomic E-state index is -0.205. The van der Waals surface area contributed by atoms with Gasteiger partial charge in [-0.15, -0.1) is 11.3 Å². The number of hydrogen-bond acceptors (Lipinski definition) is 6. The Morgan fingerprint density at radius 3 is 2.38 bits per heavy atom. The molecule has 2 aliphatic heterocycles. The van der Waals surface area contributed by atoms with Crippen LogP contribution in [0.2, 0.25) is 0 Å². The lowest BCUT2D eigenvalue weighted by Crippen LogP contribution is -2.35. The van der Waals surface area contributed by atoms with Crippen LogP contribution in [0.15, 0.2) is 69.4 Å². The third-order valence-corrected chi connectivity index (χ3v) is 8.05.